The first kappa shape index (κ1) is 21.3. The van der Waals surface area contributed by atoms with Crippen LogP contribution in [0.2, 0.25) is 0 Å². The second-order valence-corrected chi connectivity index (χ2v) is 7.13. The molecule has 3 aromatic heterocycles. The van der Waals surface area contributed by atoms with Gasteiger partial charge in [0.25, 0.3) is 5.56 Å². The number of fused-ring (bicyclic) bond motifs is 1. The van der Waals surface area contributed by atoms with Crippen molar-refractivity contribution in [3.8, 4) is 0 Å². The molecule has 0 saturated carbocycles. The zero-order chi connectivity index (χ0) is 18.8. The van der Waals surface area contributed by atoms with E-state index in [0.717, 1.165) is 10.4 Å². The molecule has 4 aromatic rings. The number of nitrogens with one attached hydrogen (secondary N) is 1. The van der Waals surface area contributed by atoms with Crippen LogP contribution in [0.25, 0.3) is 23.2 Å². The molecule has 1 aromatic carbocycles. The van der Waals surface area contributed by atoms with E-state index in [0.29, 0.717) is 5.82 Å². The van der Waals surface area contributed by atoms with Crippen molar-refractivity contribution in [2.45, 2.75) is 11.6 Å². The van der Waals surface area contributed by atoms with Gasteiger partial charge in [-0.1, -0.05) is 41.4 Å². The molecule has 0 amide bonds. The standard InChI is InChI=1S/C19H14N4O2S2.K/c24-17-15-16(23(19(25)22-17)11-12-5-2-1-3-6-12)20-14(21-18(15)26)9-8-13-7-4-10-27-13;/h1-10H,11H2,(H,20,21,26)(H,22,24,25);/q;+1/p-1/b9-8+;. The van der Waals surface area contributed by atoms with Gasteiger partial charge in [0.15, 0.2) is 11.5 Å². The van der Waals surface area contributed by atoms with E-state index in [-0.39, 0.29) is 74.0 Å². The molecule has 134 valence electrons. The Morgan fingerprint density at radius 3 is 2.57 bits per heavy atom. The molecular weight excluding hydrogens is 419 g/mol. The molecule has 0 atom stereocenters. The number of hydrogen-bond acceptors (Lipinski definition) is 6. The second kappa shape index (κ2) is 9.36. The molecule has 0 aliphatic heterocycles. The van der Waals surface area contributed by atoms with E-state index in [9.17, 15) is 9.59 Å². The van der Waals surface area contributed by atoms with Gasteiger partial charge in [-0.3, -0.25) is 19.3 Å². The third kappa shape index (κ3) is 4.57. The van der Waals surface area contributed by atoms with Gasteiger partial charge in [0.2, 0.25) is 0 Å². The van der Waals surface area contributed by atoms with Crippen LogP contribution in [0.15, 0.2) is 62.5 Å². The fraction of sp³-hybridized carbons (Fsp3) is 0.0526. The van der Waals surface area contributed by atoms with Gasteiger partial charge in [-0.15, -0.1) is 11.3 Å². The van der Waals surface area contributed by atoms with Crippen molar-refractivity contribution in [3.63, 3.8) is 0 Å². The fourth-order valence-electron chi connectivity index (χ4n) is 2.69. The van der Waals surface area contributed by atoms with Gasteiger partial charge in [0.05, 0.1) is 11.9 Å². The van der Waals surface area contributed by atoms with Gasteiger partial charge in [-0.05, 0) is 29.2 Å². The number of H-pyrrole nitrogens is 1. The van der Waals surface area contributed by atoms with Gasteiger partial charge in [-0.2, -0.15) is 0 Å². The molecule has 0 unspecified atom stereocenters. The molecule has 0 spiro atoms. The van der Waals surface area contributed by atoms with Crippen molar-refractivity contribution in [3.05, 3.63) is 84.9 Å². The zero-order valence-corrected chi connectivity index (χ0v) is 19.7. The van der Waals surface area contributed by atoms with E-state index >= 15 is 0 Å². The summed E-state index contributed by atoms with van der Waals surface area (Å²) >= 11 is 6.87. The number of hydrogen-bond donors (Lipinski definition) is 1. The summed E-state index contributed by atoms with van der Waals surface area (Å²) in [4.78, 5) is 36.7. The normalized spacial score (nSPS) is 11.0. The number of nitrogens with zero attached hydrogens (tertiary/aromatic N) is 3. The van der Waals surface area contributed by atoms with Crippen molar-refractivity contribution < 1.29 is 51.4 Å². The van der Waals surface area contributed by atoms with E-state index in [1.807, 2.05) is 53.9 Å². The Morgan fingerprint density at radius 1 is 1.07 bits per heavy atom. The first-order valence-electron chi connectivity index (χ1n) is 8.09. The van der Waals surface area contributed by atoms with Crippen LogP contribution in [-0.4, -0.2) is 19.5 Å². The number of aromatic amines is 1. The van der Waals surface area contributed by atoms with Crippen LogP contribution in [0.1, 0.15) is 16.3 Å². The summed E-state index contributed by atoms with van der Waals surface area (Å²) in [5.41, 5.74) is 0.0438. The maximum Gasteiger partial charge on any atom is 1.00 e. The van der Waals surface area contributed by atoms with Gasteiger partial charge in [0, 0.05) is 4.88 Å². The predicted octanol–water partition coefficient (Wildman–Crippen LogP) is -0.330. The van der Waals surface area contributed by atoms with E-state index in [4.69, 9.17) is 12.6 Å². The maximum absolute atomic E-state index is 12.4. The van der Waals surface area contributed by atoms with E-state index in [2.05, 4.69) is 15.0 Å². The number of benzene rings is 1. The topological polar surface area (TPSA) is 80.6 Å². The van der Waals surface area contributed by atoms with Gasteiger partial charge >= 0.3 is 57.1 Å². The molecule has 6 nitrogen and oxygen atoms in total. The van der Waals surface area contributed by atoms with Crippen LogP contribution in [0.4, 0.5) is 0 Å². The van der Waals surface area contributed by atoms with Gasteiger partial charge < -0.3 is 12.6 Å². The molecular formula is C19H13KN4O2S2. The quantitative estimate of drug-likeness (QED) is 0.271. The molecule has 0 saturated heterocycles. The van der Waals surface area contributed by atoms with Crippen LogP contribution >= 0.6 is 11.3 Å². The predicted molar refractivity (Wildman–Crippen MR) is 109 cm³/mol. The minimum Gasteiger partial charge on any atom is -0.759 e. The van der Waals surface area contributed by atoms with Crippen LogP contribution < -0.4 is 62.6 Å². The molecule has 0 radical (unpaired) electrons. The minimum absolute atomic E-state index is 0. The Kier molecular flexibility index (Phi) is 7.10. The molecule has 3 heterocycles. The van der Waals surface area contributed by atoms with Crippen LogP contribution in [-0.2, 0) is 19.2 Å². The average Bonchev–Trinajstić information content (AvgIpc) is 3.17. The molecule has 28 heavy (non-hydrogen) atoms. The van der Waals surface area contributed by atoms with Crippen LogP contribution in [0.3, 0.4) is 0 Å². The minimum atomic E-state index is -0.571. The molecule has 4 rings (SSSR count). The van der Waals surface area contributed by atoms with Crippen molar-refractivity contribution in [1.29, 1.82) is 0 Å². The number of thiophene rings is 1. The number of aromatic nitrogens is 4. The second-order valence-electron chi connectivity index (χ2n) is 5.77. The first-order chi connectivity index (χ1) is 13.1. The molecule has 0 fully saturated rings. The third-order valence-corrected chi connectivity index (χ3v) is 5.08. The summed E-state index contributed by atoms with van der Waals surface area (Å²) in [5.74, 6) is 0.354. The first-order valence-corrected chi connectivity index (χ1v) is 9.38. The zero-order valence-electron chi connectivity index (χ0n) is 15.0. The SMILES string of the molecule is O=c1[nH]c(=O)n(Cc2ccccc2)c2nc(/C=C/c3cccs3)nc([S-])c12.[K+]. The third-order valence-electron chi connectivity index (χ3n) is 3.95. The summed E-state index contributed by atoms with van der Waals surface area (Å²) in [6.07, 6.45) is 3.59. The largest absolute Gasteiger partial charge is 1.00 e. The van der Waals surface area contributed by atoms with E-state index in [1.54, 1.807) is 17.4 Å². The summed E-state index contributed by atoms with van der Waals surface area (Å²) < 4.78 is 1.41. The van der Waals surface area contributed by atoms with Crippen molar-refractivity contribution in [2.75, 3.05) is 0 Å². The van der Waals surface area contributed by atoms with Crippen molar-refractivity contribution in [2.24, 2.45) is 0 Å². The van der Waals surface area contributed by atoms with Crippen LogP contribution in [0.5, 0.6) is 0 Å². The maximum atomic E-state index is 12.4. The Bertz CT molecular complexity index is 1250. The summed E-state index contributed by atoms with van der Waals surface area (Å²) in [6, 6.07) is 13.4. The van der Waals surface area contributed by atoms with E-state index in [1.165, 1.54) is 4.57 Å². The Balaban J connectivity index is 0.00000225. The Morgan fingerprint density at radius 2 is 1.86 bits per heavy atom. The van der Waals surface area contributed by atoms with Crippen LogP contribution in [0, 0.1) is 0 Å². The monoisotopic (exact) mass is 432 g/mol. The summed E-state index contributed by atoms with van der Waals surface area (Å²) in [5, 5.41) is 2.24. The van der Waals surface area contributed by atoms with Gasteiger partial charge in [-0.25, -0.2) is 9.78 Å². The number of rotatable bonds is 4. The van der Waals surface area contributed by atoms with Crippen molar-refractivity contribution >= 4 is 47.2 Å². The average molecular weight is 433 g/mol. The summed E-state index contributed by atoms with van der Waals surface area (Å²) in [7, 11) is 0. The smallest absolute Gasteiger partial charge is 0.759 e. The van der Waals surface area contributed by atoms with Gasteiger partial charge in [0.1, 0.15) is 0 Å². The molecule has 9 heteroatoms. The molecule has 1 N–H and O–H groups in total. The van der Waals surface area contributed by atoms with Crippen molar-refractivity contribution in [1.82, 2.24) is 19.5 Å². The Labute approximate surface area is 212 Å². The Hall–Kier alpha value is -1.46. The fourth-order valence-corrected chi connectivity index (χ4v) is 3.59. The molecule has 0 bridgehead atoms. The van der Waals surface area contributed by atoms with E-state index < -0.39 is 11.2 Å². The summed E-state index contributed by atoms with van der Waals surface area (Å²) in [6.45, 7) is 0.271. The molecule has 0 aliphatic rings. The molecule has 0 aliphatic carbocycles.